The van der Waals surface area contributed by atoms with Gasteiger partial charge in [0.05, 0.1) is 19.3 Å². The summed E-state index contributed by atoms with van der Waals surface area (Å²) in [6.07, 6.45) is -1.70. The molecule has 2 N–H and O–H groups in total. The molecule has 0 aromatic heterocycles. The van der Waals surface area contributed by atoms with Gasteiger partial charge in [-0.15, -0.1) is 0 Å². The van der Waals surface area contributed by atoms with Crippen LogP contribution in [0, 0.1) is 0 Å². The Labute approximate surface area is 99.2 Å². The average Bonchev–Trinajstić information content (AvgIpc) is 2.69. The Morgan fingerprint density at radius 1 is 1.24 bits per heavy atom. The number of amides is 1. The van der Waals surface area contributed by atoms with E-state index < -0.39 is 12.2 Å². The molecule has 17 heavy (non-hydrogen) atoms. The smallest absolute Gasteiger partial charge is 0.254 e. The van der Waals surface area contributed by atoms with E-state index in [9.17, 15) is 15.0 Å². The van der Waals surface area contributed by atoms with E-state index in [0.29, 0.717) is 11.3 Å². The van der Waals surface area contributed by atoms with E-state index in [1.54, 1.807) is 31.4 Å². The van der Waals surface area contributed by atoms with Crippen LogP contribution in [0.25, 0.3) is 0 Å². The van der Waals surface area contributed by atoms with Gasteiger partial charge in [-0.2, -0.15) is 0 Å². The number of likely N-dealkylation sites (tertiary alicyclic amines) is 1. The van der Waals surface area contributed by atoms with Crippen molar-refractivity contribution in [2.45, 2.75) is 12.2 Å². The van der Waals surface area contributed by atoms with Crippen molar-refractivity contribution in [2.24, 2.45) is 0 Å². The number of carbonyl (C=O) groups excluding carboxylic acids is 1. The maximum Gasteiger partial charge on any atom is 0.254 e. The number of ether oxygens (including phenoxy) is 1. The van der Waals surface area contributed by atoms with E-state index in [2.05, 4.69) is 0 Å². The summed E-state index contributed by atoms with van der Waals surface area (Å²) >= 11 is 0. The summed E-state index contributed by atoms with van der Waals surface area (Å²) in [6.45, 7) is 0.345. The number of nitrogens with zero attached hydrogens (tertiary/aromatic N) is 1. The third-order valence-corrected chi connectivity index (χ3v) is 2.88. The van der Waals surface area contributed by atoms with Crippen molar-refractivity contribution in [1.29, 1.82) is 0 Å². The van der Waals surface area contributed by atoms with Gasteiger partial charge in [0.1, 0.15) is 5.75 Å². The van der Waals surface area contributed by atoms with Gasteiger partial charge in [-0.25, -0.2) is 0 Å². The molecule has 0 radical (unpaired) electrons. The van der Waals surface area contributed by atoms with Crippen LogP contribution in [-0.4, -0.2) is 53.4 Å². The third kappa shape index (κ3) is 2.40. The molecule has 0 spiro atoms. The van der Waals surface area contributed by atoms with Crippen molar-refractivity contribution in [3.8, 4) is 5.75 Å². The first-order valence-electron chi connectivity index (χ1n) is 5.41. The molecular formula is C12H15NO4. The molecule has 5 nitrogen and oxygen atoms in total. The molecule has 5 heteroatoms. The Balaban J connectivity index is 2.09. The number of benzene rings is 1. The van der Waals surface area contributed by atoms with Gasteiger partial charge in [-0.05, 0) is 24.3 Å². The minimum Gasteiger partial charge on any atom is -0.497 e. The Morgan fingerprint density at radius 3 is 2.24 bits per heavy atom. The molecule has 1 saturated heterocycles. The normalized spacial score (nSPS) is 23.8. The van der Waals surface area contributed by atoms with Crippen LogP contribution in [-0.2, 0) is 0 Å². The summed E-state index contributed by atoms with van der Waals surface area (Å²) in [5.41, 5.74) is 0.520. The average molecular weight is 237 g/mol. The fourth-order valence-corrected chi connectivity index (χ4v) is 1.85. The lowest BCUT2D eigenvalue weighted by Crippen LogP contribution is -2.29. The number of rotatable bonds is 2. The zero-order chi connectivity index (χ0) is 12.4. The molecule has 2 unspecified atom stereocenters. The van der Waals surface area contributed by atoms with Gasteiger partial charge >= 0.3 is 0 Å². The number of hydrogen-bond donors (Lipinski definition) is 2. The van der Waals surface area contributed by atoms with Crippen molar-refractivity contribution in [3.63, 3.8) is 0 Å². The Bertz CT molecular complexity index is 393. The zero-order valence-electron chi connectivity index (χ0n) is 9.54. The minimum atomic E-state index is -0.850. The van der Waals surface area contributed by atoms with E-state index in [4.69, 9.17) is 4.74 Å². The summed E-state index contributed by atoms with van der Waals surface area (Å²) < 4.78 is 5.00. The minimum absolute atomic E-state index is 0.173. The molecule has 92 valence electrons. The summed E-state index contributed by atoms with van der Waals surface area (Å²) in [7, 11) is 1.56. The van der Waals surface area contributed by atoms with Crippen molar-refractivity contribution >= 4 is 5.91 Å². The van der Waals surface area contributed by atoms with Crippen LogP contribution in [0.2, 0.25) is 0 Å². The van der Waals surface area contributed by atoms with Gasteiger partial charge in [0.15, 0.2) is 0 Å². The second-order valence-corrected chi connectivity index (χ2v) is 4.07. The predicted molar refractivity (Wildman–Crippen MR) is 60.9 cm³/mol. The molecule has 1 fully saturated rings. The molecule has 0 saturated carbocycles. The lowest BCUT2D eigenvalue weighted by atomic mass is 10.2. The van der Waals surface area contributed by atoms with Gasteiger partial charge in [0.25, 0.3) is 5.91 Å². The highest BCUT2D eigenvalue weighted by Gasteiger charge is 2.32. The van der Waals surface area contributed by atoms with Crippen LogP contribution in [0.15, 0.2) is 24.3 Å². The lowest BCUT2D eigenvalue weighted by molar-refractivity contribution is 0.0572. The van der Waals surface area contributed by atoms with E-state index in [1.165, 1.54) is 4.90 Å². The topological polar surface area (TPSA) is 70.0 Å². The first-order valence-corrected chi connectivity index (χ1v) is 5.41. The summed E-state index contributed by atoms with van der Waals surface area (Å²) in [6, 6.07) is 6.74. The molecule has 2 atom stereocenters. The quantitative estimate of drug-likeness (QED) is 0.752. The molecule has 1 aliphatic heterocycles. The van der Waals surface area contributed by atoms with Crippen LogP contribution < -0.4 is 4.74 Å². The van der Waals surface area contributed by atoms with Gasteiger partial charge in [-0.3, -0.25) is 4.79 Å². The highest BCUT2D eigenvalue weighted by atomic mass is 16.5. The molecule has 1 aliphatic rings. The third-order valence-electron chi connectivity index (χ3n) is 2.88. The lowest BCUT2D eigenvalue weighted by Gasteiger charge is -2.15. The molecule has 1 aromatic carbocycles. The van der Waals surface area contributed by atoms with Crippen LogP contribution in [0.4, 0.5) is 0 Å². The molecule has 0 aliphatic carbocycles. The van der Waals surface area contributed by atoms with Gasteiger partial charge in [0, 0.05) is 18.7 Å². The Kier molecular flexibility index (Phi) is 3.31. The number of β-amino-alcohol motifs (C(OH)–C–C–N with tert-alkyl or cyclic N) is 2. The Hall–Kier alpha value is -1.59. The van der Waals surface area contributed by atoms with Gasteiger partial charge in [-0.1, -0.05) is 0 Å². The zero-order valence-corrected chi connectivity index (χ0v) is 9.54. The fourth-order valence-electron chi connectivity index (χ4n) is 1.85. The second kappa shape index (κ2) is 4.73. The van der Waals surface area contributed by atoms with E-state index >= 15 is 0 Å². The summed E-state index contributed by atoms with van der Waals surface area (Å²) in [4.78, 5) is 13.4. The number of hydrogen-bond acceptors (Lipinski definition) is 4. The largest absolute Gasteiger partial charge is 0.497 e. The molecule has 1 amide bonds. The molecule has 2 rings (SSSR count). The standard InChI is InChI=1S/C12H15NO4/c1-17-9-4-2-8(3-5-9)12(16)13-6-10(14)11(15)7-13/h2-5,10-11,14-15H,6-7H2,1H3. The molecular weight excluding hydrogens is 222 g/mol. The number of methoxy groups -OCH3 is 1. The maximum absolute atomic E-state index is 12.0. The number of aliphatic hydroxyl groups is 2. The van der Waals surface area contributed by atoms with E-state index in [0.717, 1.165) is 0 Å². The van der Waals surface area contributed by atoms with Gasteiger partial charge < -0.3 is 19.8 Å². The van der Waals surface area contributed by atoms with E-state index in [1.807, 2.05) is 0 Å². The van der Waals surface area contributed by atoms with E-state index in [-0.39, 0.29) is 19.0 Å². The van der Waals surface area contributed by atoms with Crippen molar-refractivity contribution < 1.29 is 19.7 Å². The highest BCUT2D eigenvalue weighted by molar-refractivity contribution is 5.94. The summed E-state index contributed by atoms with van der Waals surface area (Å²) in [5, 5.41) is 18.8. The van der Waals surface area contributed by atoms with Crippen molar-refractivity contribution in [1.82, 2.24) is 4.90 Å². The maximum atomic E-state index is 12.0. The van der Waals surface area contributed by atoms with Crippen LogP contribution in [0.5, 0.6) is 5.75 Å². The first-order chi connectivity index (χ1) is 8.11. The SMILES string of the molecule is COc1ccc(C(=O)N2CC(O)C(O)C2)cc1. The van der Waals surface area contributed by atoms with Crippen LogP contribution in [0.1, 0.15) is 10.4 Å². The van der Waals surface area contributed by atoms with Crippen molar-refractivity contribution in [3.05, 3.63) is 29.8 Å². The molecule has 1 heterocycles. The number of carbonyl (C=O) groups is 1. The Morgan fingerprint density at radius 2 is 1.76 bits per heavy atom. The molecule has 0 bridgehead atoms. The fraction of sp³-hybridized carbons (Fsp3) is 0.417. The number of aliphatic hydroxyl groups excluding tert-OH is 2. The monoisotopic (exact) mass is 237 g/mol. The summed E-state index contributed by atoms with van der Waals surface area (Å²) in [5.74, 6) is 0.492. The highest BCUT2D eigenvalue weighted by Crippen LogP contribution is 2.16. The first kappa shape index (κ1) is 11.9. The van der Waals surface area contributed by atoms with Crippen LogP contribution in [0.3, 0.4) is 0 Å². The molecule has 1 aromatic rings. The van der Waals surface area contributed by atoms with Crippen molar-refractivity contribution in [2.75, 3.05) is 20.2 Å². The predicted octanol–water partition coefficient (Wildman–Crippen LogP) is -0.127. The van der Waals surface area contributed by atoms with Gasteiger partial charge in [0.2, 0.25) is 0 Å². The second-order valence-electron chi connectivity index (χ2n) is 4.07. The van der Waals surface area contributed by atoms with Crippen LogP contribution >= 0.6 is 0 Å².